The summed E-state index contributed by atoms with van der Waals surface area (Å²) in [7, 11) is 1.83. The van der Waals surface area contributed by atoms with Crippen LogP contribution in [-0.2, 0) is 10.2 Å². The van der Waals surface area contributed by atoms with Crippen LogP contribution in [0.1, 0.15) is 40.2 Å². The Labute approximate surface area is 128 Å². The van der Waals surface area contributed by atoms with Crippen LogP contribution < -0.4 is 5.32 Å². The van der Waals surface area contributed by atoms with E-state index in [2.05, 4.69) is 26.1 Å². The van der Waals surface area contributed by atoms with E-state index >= 15 is 0 Å². The van der Waals surface area contributed by atoms with Gasteiger partial charge in [0.2, 0.25) is 5.91 Å². The Bertz CT molecular complexity index is 484. The molecule has 2 N–H and O–H groups in total. The molecule has 0 saturated carbocycles. The van der Waals surface area contributed by atoms with Gasteiger partial charge in [-0.25, -0.2) is 0 Å². The zero-order chi connectivity index (χ0) is 16.3. The normalized spacial score (nSPS) is 12.6. The van der Waals surface area contributed by atoms with E-state index in [1.165, 1.54) is 0 Å². The summed E-state index contributed by atoms with van der Waals surface area (Å²) in [5, 5.41) is 12.7. The molecule has 0 aliphatic rings. The lowest BCUT2D eigenvalue weighted by Gasteiger charge is -2.26. The van der Waals surface area contributed by atoms with Gasteiger partial charge in [-0.1, -0.05) is 39.0 Å². The van der Waals surface area contributed by atoms with Crippen molar-refractivity contribution in [3.8, 4) is 0 Å². The van der Waals surface area contributed by atoms with Gasteiger partial charge in [-0.05, 0) is 37.9 Å². The first-order valence-electron chi connectivity index (χ1n) is 7.29. The molecule has 0 aliphatic carbocycles. The zero-order valence-electron chi connectivity index (χ0n) is 14.0. The summed E-state index contributed by atoms with van der Waals surface area (Å²) >= 11 is 0. The molecule has 0 atom stereocenters. The minimum Gasteiger partial charge on any atom is -0.389 e. The molecule has 1 aromatic carbocycles. The third kappa shape index (κ3) is 6.27. The number of rotatable bonds is 5. The molecule has 21 heavy (non-hydrogen) atoms. The summed E-state index contributed by atoms with van der Waals surface area (Å²) in [6.45, 7) is 10.5. The molecule has 0 spiro atoms. The first kappa shape index (κ1) is 17.7. The fraction of sp³-hybridized carbons (Fsp3) is 0.588. The first-order valence-corrected chi connectivity index (χ1v) is 7.29. The Balaban J connectivity index is 2.72. The number of aliphatic hydroxyl groups is 1. The predicted molar refractivity (Wildman–Crippen MR) is 87.6 cm³/mol. The third-order valence-corrected chi connectivity index (χ3v) is 3.08. The van der Waals surface area contributed by atoms with E-state index in [-0.39, 0.29) is 17.9 Å². The van der Waals surface area contributed by atoms with Gasteiger partial charge in [-0.15, -0.1) is 0 Å². The predicted octanol–water partition coefficient (Wildman–Crippen LogP) is 2.63. The molecule has 0 radical (unpaired) electrons. The van der Waals surface area contributed by atoms with Crippen LogP contribution >= 0.6 is 0 Å². The average molecular weight is 292 g/mol. The summed E-state index contributed by atoms with van der Waals surface area (Å²) in [5.41, 5.74) is 1.14. The molecule has 1 rings (SSSR count). The fourth-order valence-corrected chi connectivity index (χ4v) is 2.40. The van der Waals surface area contributed by atoms with Crippen molar-refractivity contribution in [1.29, 1.82) is 0 Å². The second-order valence-electron chi connectivity index (χ2n) is 7.33. The van der Waals surface area contributed by atoms with Crippen LogP contribution in [0.5, 0.6) is 0 Å². The van der Waals surface area contributed by atoms with Crippen molar-refractivity contribution >= 4 is 11.6 Å². The number of amides is 1. The van der Waals surface area contributed by atoms with E-state index in [1.807, 2.05) is 36.2 Å². The summed E-state index contributed by atoms with van der Waals surface area (Å²) in [6.07, 6.45) is 0. The van der Waals surface area contributed by atoms with Crippen LogP contribution in [0.15, 0.2) is 24.3 Å². The lowest BCUT2D eigenvalue weighted by molar-refractivity contribution is -0.117. The summed E-state index contributed by atoms with van der Waals surface area (Å²) < 4.78 is 0. The first-order chi connectivity index (χ1) is 9.49. The van der Waals surface area contributed by atoms with E-state index in [4.69, 9.17) is 0 Å². The Morgan fingerprint density at radius 3 is 2.29 bits per heavy atom. The highest BCUT2D eigenvalue weighted by atomic mass is 16.3. The van der Waals surface area contributed by atoms with Gasteiger partial charge in [0.05, 0.1) is 12.1 Å². The lowest BCUT2D eigenvalue weighted by Crippen LogP contribution is -2.40. The van der Waals surface area contributed by atoms with E-state index in [9.17, 15) is 9.90 Å². The van der Waals surface area contributed by atoms with Crippen molar-refractivity contribution in [1.82, 2.24) is 4.90 Å². The molecular weight excluding hydrogens is 264 g/mol. The van der Waals surface area contributed by atoms with Crippen molar-refractivity contribution in [2.45, 2.75) is 45.6 Å². The maximum absolute atomic E-state index is 12.2. The SMILES string of the molecule is CN(CC(=O)Nc1ccccc1C(C)(C)C)CC(C)(C)O. The van der Waals surface area contributed by atoms with Gasteiger partial charge in [-0.2, -0.15) is 0 Å². The van der Waals surface area contributed by atoms with E-state index in [1.54, 1.807) is 13.8 Å². The Morgan fingerprint density at radius 2 is 1.76 bits per heavy atom. The van der Waals surface area contributed by atoms with Crippen LogP contribution in [0, 0.1) is 0 Å². The van der Waals surface area contributed by atoms with Gasteiger partial charge >= 0.3 is 0 Å². The molecule has 0 aliphatic heterocycles. The summed E-state index contributed by atoms with van der Waals surface area (Å²) in [5.74, 6) is -0.0709. The second-order valence-corrected chi connectivity index (χ2v) is 7.33. The van der Waals surface area contributed by atoms with E-state index < -0.39 is 5.60 Å². The van der Waals surface area contributed by atoms with Crippen molar-refractivity contribution in [2.75, 3.05) is 25.5 Å². The number of anilines is 1. The second kappa shape index (κ2) is 6.58. The minimum atomic E-state index is -0.807. The number of benzene rings is 1. The van der Waals surface area contributed by atoms with Crippen LogP contribution in [0.2, 0.25) is 0 Å². The number of nitrogens with one attached hydrogen (secondary N) is 1. The zero-order valence-corrected chi connectivity index (χ0v) is 14.0. The maximum Gasteiger partial charge on any atom is 0.238 e. The Hall–Kier alpha value is -1.39. The molecule has 0 unspecified atom stereocenters. The smallest absolute Gasteiger partial charge is 0.238 e. The number of hydrogen-bond donors (Lipinski definition) is 2. The Morgan fingerprint density at radius 1 is 1.19 bits per heavy atom. The number of likely N-dealkylation sites (N-methyl/N-ethyl adjacent to an activating group) is 1. The van der Waals surface area contributed by atoms with Crippen LogP contribution in [0.3, 0.4) is 0 Å². The van der Waals surface area contributed by atoms with Crippen LogP contribution in [0.25, 0.3) is 0 Å². The molecule has 0 bridgehead atoms. The van der Waals surface area contributed by atoms with Crippen molar-refractivity contribution in [3.63, 3.8) is 0 Å². The topological polar surface area (TPSA) is 52.6 Å². The van der Waals surface area contributed by atoms with Crippen molar-refractivity contribution in [2.24, 2.45) is 0 Å². The van der Waals surface area contributed by atoms with Crippen molar-refractivity contribution in [3.05, 3.63) is 29.8 Å². The quantitative estimate of drug-likeness (QED) is 0.877. The lowest BCUT2D eigenvalue weighted by atomic mass is 9.86. The fourth-order valence-electron chi connectivity index (χ4n) is 2.40. The molecule has 4 heteroatoms. The maximum atomic E-state index is 12.2. The minimum absolute atomic E-state index is 0.0249. The van der Waals surface area contributed by atoms with E-state index in [0.717, 1.165) is 11.3 Å². The van der Waals surface area contributed by atoms with Gasteiger partial charge in [0.1, 0.15) is 0 Å². The molecule has 0 aromatic heterocycles. The number of para-hydroxylation sites is 1. The monoisotopic (exact) mass is 292 g/mol. The molecule has 118 valence electrons. The molecule has 1 amide bonds. The standard InChI is InChI=1S/C17H28N2O2/c1-16(2,3)13-9-7-8-10-14(13)18-15(20)11-19(6)12-17(4,5)21/h7-10,21H,11-12H2,1-6H3,(H,18,20). The highest BCUT2D eigenvalue weighted by Gasteiger charge is 2.20. The average Bonchev–Trinajstić information content (AvgIpc) is 2.24. The molecule has 0 saturated heterocycles. The highest BCUT2D eigenvalue weighted by molar-refractivity contribution is 5.93. The Kier molecular flexibility index (Phi) is 5.54. The number of nitrogens with zero attached hydrogens (tertiary/aromatic N) is 1. The largest absolute Gasteiger partial charge is 0.389 e. The summed E-state index contributed by atoms with van der Waals surface area (Å²) in [4.78, 5) is 14.0. The molecular formula is C17H28N2O2. The van der Waals surface area contributed by atoms with Crippen molar-refractivity contribution < 1.29 is 9.90 Å². The van der Waals surface area contributed by atoms with Gasteiger partial charge < -0.3 is 10.4 Å². The van der Waals surface area contributed by atoms with Gasteiger partial charge in [0, 0.05) is 12.2 Å². The number of hydrogen-bond acceptors (Lipinski definition) is 3. The third-order valence-electron chi connectivity index (χ3n) is 3.08. The van der Waals surface area contributed by atoms with Gasteiger partial charge in [0.25, 0.3) is 0 Å². The number of carbonyl (C=O) groups is 1. The highest BCUT2D eigenvalue weighted by Crippen LogP contribution is 2.29. The van der Waals surface area contributed by atoms with Gasteiger partial charge in [-0.3, -0.25) is 9.69 Å². The molecule has 1 aromatic rings. The number of carbonyl (C=O) groups excluding carboxylic acids is 1. The van der Waals surface area contributed by atoms with Crippen LogP contribution in [0.4, 0.5) is 5.69 Å². The molecule has 0 fully saturated rings. The summed E-state index contributed by atoms with van der Waals surface area (Å²) in [6, 6.07) is 7.87. The van der Waals surface area contributed by atoms with E-state index in [0.29, 0.717) is 6.54 Å². The van der Waals surface area contributed by atoms with Gasteiger partial charge in [0.15, 0.2) is 0 Å². The van der Waals surface area contributed by atoms with Crippen LogP contribution in [-0.4, -0.2) is 41.7 Å². The molecule has 4 nitrogen and oxygen atoms in total. The molecule has 0 heterocycles.